The lowest BCUT2D eigenvalue weighted by Crippen LogP contribution is -2.31. The SMILES string of the molecule is CCc1cc(CN)cc(N(C)C(C)CC(C)C)n1. The van der Waals surface area contributed by atoms with E-state index in [0.29, 0.717) is 18.5 Å². The van der Waals surface area contributed by atoms with E-state index in [2.05, 4.69) is 51.8 Å². The number of pyridine rings is 1. The van der Waals surface area contributed by atoms with E-state index in [0.717, 1.165) is 17.9 Å². The lowest BCUT2D eigenvalue weighted by molar-refractivity contribution is 0.502. The quantitative estimate of drug-likeness (QED) is 0.843. The molecule has 0 spiro atoms. The number of hydrogen-bond acceptors (Lipinski definition) is 3. The molecule has 1 heterocycles. The molecule has 1 atom stereocenters. The highest BCUT2D eigenvalue weighted by molar-refractivity contribution is 5.43. The Bertz CT molecular complexity index is 352. The molecule has 0 saturated heterocycles. The second-order valence-corrected chi connectivity index (χ2v) is 5.47. The molecule has 0 fully saturated rings. The molecule has 0 saturated carbocycles. The van der Waals surface area contributed by atoms with Crippen LogP contribution >= 0.6 is 0 Å². The van der Waals surface area contributed by atoms with Gasteiger partial charge in [-0.2, -0.15) is 0 Å². The zero-order valence-corrected chi connectivity index (χ0v) is 12.4. The first-order valence-corrected chi connectivity index (χ1v) is 6.90. The molecule has 0 aliphatic carbocycles. The van der Waals surface area contributed by atoms with Crippen LogP contribution in [0, 0.1) is 5.92 Å². The van der Waals surface area contributed by atoms with Gasteiger partial charge >= 0.3 is 0 Å². The van der Waals surface area contributed by atoms with E-state index in [1.807, 2.05) is 0 Å². The summed E-state index contributed by atoms with van der Waals surface area (Å²) in [5.41, 5.74) is 8.04. The molecule has 0 bridgehead atoms. The smallest absolute Gasteiger partial charge is 0.129 e. The lowest BCUT2D eigenvalue weighted by Gasteiger charge is -2.28. The van der Waals surface area contributed by atoms with Crippen molar-refractivity contribution >= 4 is 5.82 Å². The second-order valence-electron chi connectivity index (χ2n) is 5.47. The van der Waals surface area contributed by atoms with Crippen LogP contribution < -0.4 is 10.6 Å². The van der Waals surface area contributed by atoms with Crippen LogP contribution in [0.2, 0.25) is 0 Å². The van der Waals surface area contributed by atoms with Crippen molar-refractivity contribution in [1.29, 1.82) is 0 Å². The molecule has 3 heteroatoms. The topological polar surface area (TPSA) is 42.1 Å². The number of aromatic nitrogens is 1. The standard InChI is InChI=1S/C15H27N3/c1-6-14-8-13(10-16)9-15(17-14)18(5)12(4)7-11(2)3/h8-9,11-12H,6-7,10,16H2,1-5H3. The number of rotatable bonds is 6. The Labute approximate surface area is 111 Å². The summed E-state index contributed by atoms with van der Waals surface area (Å²) in [7, 11) is 2.12. The minimum absolute atomic E-state index is 0.496. The monoisotopic (exact) mass is 249 g/mol. The Morgan fingerprint density at radius 2 is 1.94 bits per heavy atom. The van der Waals surface area contributed by atoms with Gasteiger partial charge in [-0.15, -0.1) is 0 Å². The van der Waals surface area contributed by atoms with E-state index >= 15 is 0 Å². The molecule has 1 rings (SSSR count). The van der Waals surface area contributed by atoms with Gasteiger partial charge in [-0.3, -0.25) is 0 Å². The largest absolute Gasteiger partial charge is 0.357 e. The summed E-state index contributed by atoms with van der Waals surface area (Å²) in [6, 6.07) is 4.70. The number of nitrogens with two attached hydrogens (primary N) is 1. The van der Waals surface area contributed by atoms with Crippen LogP contribution in [0.4, 0.5) is 5.82 Å². The predicted octanol–water partition coefficient (Wildman–Crippen LogP) is 2.97. The van der Waals surface area contributed by atoms with Crippen LogP contribution in [0.5, 0.6) is 0 Å². The fraction of sp³-hybridized carbons (Fsp3) is 0.667. The third-order valence-corrected chi connectivity index (χ3v) is 3.36. The van der Waals surface area contributed by atoms with E-state index in [4.69, 9.17) is 10.7 Å². The van der Waals surface area contributed by atoms with Gasteiger partial charge in [-0.25, -0.2) is 4.98 Å². The molecule has 1 unspecified atom stereocenters. The summed E-state index contributed by atoms with van der Waals surface area (Å²) in [6.45, 7) is 9.47. The molecular formula is C15H27N3. The van der Waals surface area contributed by atoms with Crippen molar-refractivity contribution in [2.75, 3.05) is 11.9 Å². The Morgan fingerprint density at radius 1 is 1.28 bits per heavy atom. The molecule has 1 aromatic heterocycles. The van der Waals surface area contributed by atoms with Gasteiger partial charge in [0, 0.05) is 25.3 Å². The summed E-state index contributed by atoms with van der Waals surface area (Å²) in [4.78, 5) is 6.96. The Kier molecular flexibility index (Phi) is 5.60. The highest BCUT2D eigenvalue weighted by Gasteiger charge is 2.14. The molecule has 18 heavy (non-hydrogen) atoms. The first-order chi connectivity index (χ1) is 8.47. The van der Waals surface area contributed by atoms with Crippen LogP contribution in [0.1, 0.15) is 45.4 Å². The maximum Gasteiger partial charge on any atom is 0.129 e. The van der Waals surface area contributed by atoms with Crippen molar-refractivity contribution in [3.63, 3.8) is 0 Å². The number of nitrogens with zero attached hydrogens (tertiary/aromatic N) is 2. The van der Waals surface area contributed by atoms with Crippen LogP contribution in [-0.4, -0.2) is 18.1 Å². The van der Waals surface area contributed by atoms with Crippen molar-refractivity contribution in [3.05, 3.63) is 23.4 Å². The Balaban J connectivity index is 2.93. The van der Waals surface area contributed by atoms with Gasteiger partial charge in [0.05, 0.1) is 0 Å². The lowest BCUT2D eigenvalue weighted by atomic mass is 10.0. The summed E-state index contributed by atoms with van der Waals surface area (Å²) in [5.74, 6) is 1.74. The van der Waals surface area contributed by atoms with Crippen LogP contribution in [-0.2, 0) is 13.0 Å². The molecule has 0 aromatic carbocycles. The molecule has 0 radical (unpaired) electrons. The minimum atomic E-state index is 0.496. The summed E-state index contributed by atoms with van der Waals surface area (Å²) in [6.07, 6.45) is 2.12. The van der Waals surface area contributed by atoms with Crippen molar-refractivity contribution in [2.24, 2.45) is 11.7 Å². The van der Waals surface area contributed by atoms with E-state index in [-0.39, 0.29) is 0 Å². The van der Waals surface area contributed by atoms with Gasteiger partial charge < -0.3 is 10.6 Å². The molecule has 0 aliphatic heterocycles. The van der Waals surface area contributed by atoms with Gasteiger partial charge in [0.1, 0.15) is 5.82 Å². The highest BCUT2D eigenvalue weighted by atomic mass is 15.2. The number of aryl methyl sites for hydroxylation is 1. The summed E-state index contributed by atoms with van der Waals surface area (Å²) < 4.78 is 0. The highest BCUT2D eigenvalue weighted by Crippen LogP contribution is 2.19. The van der Waals surface area contributed by atoms with Crippen LogP contribution in [0.25, 0.3) is 0 Å². The maximum absolute atomic E-state index is 5.75. The molecule has 0 aliphatic rings. The van der Waals surface area contributed by atoms with Crippen LogP contribution in [0.15, 0.2) is 12.1 Å². The van der Waals surface area contributed by atoms with Gasteiger partial charge in [0.15, 0.2) is 0 Å². The van der Waals surface area contributed by atoms with Crippen molar-refractivity contribution in [3.8, 4) is 0 Å². The average Bonchev–Trinajstić information content (AvgIpc) is 2.36. The van der Waals surface area contributed by atoms with E-state index in [9.17, 15) is 0 Å². The van der Waals surface area contributed by atoms with E-state index in [1.54, 1.807) is 0 Å². The summed E-state index contributed by atoms with van der Waals surface area (Å²) in [5, 5.41) is 0. The molecule has 1 aromatic rings. The van der Waals surface area contributed by atoms with E-state index in [1.165, 1.54) is 12.0 Å². The molecular weight excluding hydrogens is 222 g/mol. The van der Waals surface area contributed by atoms with Crippen molar-refractivity contribution in [2.45, 2.75) is 53.1 Å². The molecule has 0 amide bonds. The third-order valence-electron chi connectivity index (χ3n) is 3.36. The molecule has 2 N–H and O–H groups in total. The van der Waals surface area contributed by atoms with Gasteiger partial charge in [0.2, 0.25) is 0 Å². The van der Waals surface area contributed by atoms with Gasteiger partial charge in [0.25, 0.3) is 0 Å². The first kappa shape index (κ1) is 15.0. The average molecular weight is 249 g/mol. The summed E-state index contributed by atoms with van der Waals surface area (Å²) >= 11 is 0. The van der Waals surface area contributed by atoms with Gasteiger partial charge in [-0.05, 0) is 43.4 Å². The zero-order chi connectivity index (χ0) is 13.7. The minimum Gasteiger partial charge on any atom is -0.357 e. The third kappa shape index (κ3) is 3.98. The normalized spacial score (nSPS) is 12.8. The zero-order valence-electron chi connectivity index (χ0n) is 12.4. The fourth-order valence-corrected chi connectivity index (χ4v) is 2.18. The predicted molar refractivity (Wildman–Crippen MR) is 78.8 cm³/mol. The van der Waals surface area contributed by atoms with Crippen molar-refractivity contribution in [1.82, 2.24) is 4.98 Å². The molecule has 102 valence electrons. The number of hydrogen-bond donors (Lipinski definition) is 1. The number of anilines is 1. The second kappa shape index (κ2) is 6.74. The van der Waals surface area contributed by atoms with Crippen molar-refractivity contribution < 1.29 is 0 Å². The van der Waals surface area contributed by atoms with Crippen LogP contribution in [0.3, 0.4) is 0 Å². The first-order valence-electron chi connectivity index (χ1n) is 6.90. The fourth-order valence-electron chi connectivity index (χ4n) is 2.18. The van der Waals surface area contributed by atoms with Gasteiger partial charge in [-0.1, -0.05) is 20.8 Å². The van der Waals surface area contributed by atoms with E-state index < -0.39 is 0 Å². The maximum atomic E-state index is 5.75. The Hall–Kier alpha value is -1.09. The molecule has 3 nitrogen and oxygen atoms in total. The Morgan fingerprint density at radius 3 is 2.44 bits per heavy atom.